The van der Waals surface area contributed by atoms with Gasteiger partial charge in [0, 0.05) is 12.2 Å². The molecule has 0 aliphatic rings. The van der Waals surface area contributed by atoms with E-state index in [0.717, 1.165) is 31.3 Å². The van der Waals surface area contributed by atoms with E-state index in [2.05, 4.69) is 5.32 Å². The summed E-state index contributed by atoms with van der Waals surface area (Å²) in [7, 11) is -3.39. The van der Waals surface area contributed by atoms with Crippen LogP contribution < -0.4 is 10.1 Å². The van der Waals surface area contributed by atoms with Crippen LogP contribution in [0.15, 0.2) is 24.3 Å². The molecule has 0 spiro atoms. The molecule has 1 amide bonds. The van der Waals surface area contributed by atoms with Crippen LogP contribution in [0.1, 0.15) is 33.1 Å². The molecule has 1 aromatic carbocycles. The topological polar surface area (TPSA) is 75.7 Å². The van der Waals surface area contributed by atoms with Crippen LogP contribution in [0.5, 0.6) is 5.75 Å². The molecule has 0 aromatic heterocycles. The number of benzene rings is 1. The van der Waals surface area contributed by atoms with Crippen molar-refractivity contribution in [1.29, 1.82) is 0 Å². The summed E-state index contributed by atoms with van der Waals surface area (Å²) < 4.78 is 30.1. The molecule has 130 valence electrons. The van der Waals surface area contributed by atoms with Gasteiger partial charge in [-0.15, -0.1) is 0 Å². The zero-order chi connectivity index (χ0) is 17.3. The molecule has 0 atom stereocenters. The van der Waals surface area contributed by atoms with Crippen molar-refractivity contribution in [3.05, 3.63) is 24.3 Å². The standard InChI is InChI=1S/C16H26N2O4S/c1-4-6-7-12-18(23(3,20)21)13-16(19)17-14-8-10-15(11-9-14)22-5-2/h8-11H,4-7,12-13H2,1-3H3,(H,17,19). The minimum Gasteiger partial charge on any atom is -0.494 e. The molecule has 0 saturated carbocycles. The van der Waals surface area contributed by atoms with Gasteiger partial charge >= 0.3 is 0 Å². The van der Waals surface area contributed by atoms with Gasteiger partial charge in [-0.1, -0.05) is 19.8 Å². The molecular formula is C16H26N2O4S. The Morgan fingerprint density at radius 3 is 2.35 bits per heavy atom. The maximum Gasteiger partial charge on any atom is 0.239 e. The van der Waals surface area contributed by atoms with Gasteiger partial charge in [-0.2, -0.15) is 4.31 Å². The third-order valence-corrected chi connectivity index (χ3v) is 4.50. The normalized spacial score (nSPS) is 11.5. The van der Waals surface area contributed by atoms with Gasteiger partial charge < -0.3 is 10.1 Å². The van der Waals surface area contributed by atoms with Gasteiger partial charge in [0.15, 0.2) is 0 Å². The minimum atomic E-state index is -3.39. The second-order valence-corrected chi connectivity index (χ2v) is 7.29. The molecule has 23 heavy (non-hydrogen) atoms. The molecule has 0 saturated heterocycles. The number of sulfonamides is 1. The van der Waals surface area contributed by atoms with E-state index in [0.29, 0.717) is 18.8 Å². The number of amides is 1. The molecule has 1 N–H and O–H groups in total. The van der Waals surface area contributed by atoms with Crippen LogP contribution in [0.25, 0.3) is 0 Å². The maximum absolute atomic E-state index is 12.1. The lowest BCUT2D eigenvalue weighted by Crippen LogP contribution is -2.38. The summed E-state index contributed by atoms with van der Waals surface area (Å²) in [6, 6.07) is 6.97. The zero-order valence-electron chi connectivity index (χ0n) is 14.0. The van der Waals surface area contributed by atoms with E-state index in [9.17, 15) is 13.2 Å². The first-order valence-corrected chi connectivity index (χ1v) is 9.69. The van der Waals surface area contributed by atoms with Gasteiger partial charge in [0.2, 0.25) is 15.9 Å². The third kappa shape index (κ3) is 7.47. The van der Waals surface area contributed by atoms with Gasteiger partial charge in [0.1, 0.15) is 5.75 Å². The van der Waals surface area contributed by atoms with Crippen LogP contribution in [0.2, 0.25) is 0 Å². The number of rotatable bonds is 10. The first kappa shape index (κ1) is 19.4. The van der Waals surface area contributed by atoms with Crippen LogP contribution in [-0.4, -0.2) is 44.6 Å². The second kappa shape index (κ2) is 9.52. The number of hydrogen-bond donors (Lipinski definition) is 1. The summed E-state index contributed by atoms with van der Waals surface area (Å²) in [5.74, 6) is 0.374. The van der Waals surface area contributed by atoms with Gasteiger partial charge in [0.05, 0.1) is 19.4 Å². The molecule has 0 aliphatic carbocycles. The fraction of sp³-hybridized carbons (Fsp3) is 0.562. The van der Waals surface area contributed by atoms with Crippen molar-refractivity contribution in [2.45, 2.75) is 33.1 Å². The Balaban J connectivity index is 2.60. The maximum atomic E-state index is 12.1. The Morgan fingerprint density at radius 1 is 1.17 bits per heavy atom. The SMILES string of the molecule is CCCCCN(CC(=O)Nc1ccc(OCC)cc1)S(C)(=O)=O. The minimum absolute atomic E-state index is 0.171. The Labute approximate surface area is 138 Å². The summed E-state index contributed by atoms with van der Waals surface area (Å²) in [4.78, 5) is 12.1. The van der Waals surface area contributed by atoms with E-state index in [1.165, 1.54) is 4.31 Å². The number of carbonyl (C=O) groups excluding carboxylic acids is 1. The third-order valence-electron chi connectivity index (χ3n) is 3.25. The van der Waals surface area contributed by atoms with E-state index < -0.39 is 10.0 Å². The smallest absolute Gasteiger partial charge is 0.239 e. The van der Waals surface area contributed by atoms with Crippen molar-refractivity contribution in [2.75, 3.05) is 31.3 Å². The van der Waals surface area contributed by atoms with Crippen LogP contribution in [0, 0.1) is 0 Å². The van der Waals surface area contributed by atoms with Crippen molar-refractivity contribution in [3.8, 4) is 5.75 Å². The quantitative estimate of drug-likeness (QED) is 0.663. The molecule has 1 rings (SSSR count). The van der Waals surface area contributed by atoms with Crippen LogP contribution in [0.4, 0.5) is 5.69 Å². The van der Waals surface area contributed by atoms with E-state index in [-0.39, 0.29) is 12.5 Å². The molecule has 0 radical (unpaired) electrons. The van der Waals surface area contributed by atoms with E-state index in [1.807, 2.05) is 13.8 Å². The van der Waals surface area contributed by atoms with Gasteiger partial charge in [-0.25, -0.2) is 8.42 Å². The average molecular weight is 342 g/mol. The van der Waals surface area contributed by atoms with Crippen molar-refractivity contribution in [3.63, 3.8) is 0 Å². The number of ether oxygens (including phenoxy) is 1. The van der Waals surface area contributed by atoms with Gasteiger partial charge in [0.25, 0.3) is 0 Å². The first-order chi connectivity index (χ1) is 10.9. The second-order valence-electron chi connectivity index (χ2n) is 5.31. The number of nitrogens with zero attached hydrogens (tertiary/aromatic N) is 1. The highest BCUT2D eigenvalue weighted by Crippen LogP contribution is 2.15. The van der Waals surface area contributed by atoms with Gasteiger partial charge in [-0.3, -0.25) is 4.79 Å². The summed E-state index contributed by atoms with van der Waals surface area (Å²) in [5.41, 5.74) is 0.612. The molecule has 6 nitrogen and oxygen atoms in total. The van der Waals surface area contributed by atoms with Crippen LogP contribution >= 0.6 is 0 Å². The number of hydrogen-bond acceptors (Lipinski definition) is 4. The molecule has 0 bridgehead atoms. The fourth-order valence-electron chi connectivity index (χ4n) is 2.06. The zero-order valence-corrected chi connectivity index (χ0v) is 14.9. The number of carbonyl (C=O) groups is 1. The predicted molar refractivity (Wildman–Crippen MR) is 92.2 cm³/mol. The largest absolute Gasteiger partial charge is 0.494 e. The highest BCUT2D eigenvalue weighted by atomic mass is 32.2. The predicted octanol–water partition coefficient (Wildman–Crippen LogP) is 2.48. The monoisotopic (exact) mass is 342 g/mol. The Bertz CT molecular complexity index is 585. The molecule has 0 fully saturated rings. The van der Waals surface area contributed by atoms with E-state index in [1.54, 1.807) is 24.3 Å². The Hall–Kier alpha value is -1.60. The van der Waals surface area contributed by atoms with E-state index >= 15 is 0 Å². The lowest BCUT2D eigenvalue weighted by Gasteiger charge is -2.19. The molecule has 0 aliphatic heterocycles. The van der Waals surface area contributed by atoms with Crippen molar-refractivity contribution in [1.82, 2.24) is 4.31 Å². The highest BCUT2D eigenvalue weighted by molar-refractivity contribution is 7.88. The summed E-state index contributed by atoms with van der Waals surface area (Å²) in [6.45, 7) is 4.71. The molecular weight excluding hydrogens is 316 g/mol. The van der Waals surface area contributed by atoms with Crippen LogP contribution in [-0.2, 0) is 14.8 Å². The van der Waals surface area contributed by atoms with Crippen molar-refractivity contribution in [2.24, 2.45) is 0 Å². The summed E-state index contributed by atoms with van der Waals surface area (Å²) >= 11 is 0. The molecule has 7 heteroatoms. The van der Waals surface area contributed by atoms with Crippen molar-refractivity contribution < 1.29 is 17.9 Å². The first-order valence-electron chi connectivity index (χ1n) is 7.84. The van der Waals surface area contributed by atoms with Crippen LogP contribution in [0.3, 0.4) is 0 Å². The summed E-state index contributed by atoms with van der Waals surface area (Å²) in [6.07, 6.45) is 3.81. The number of unbranched alkanes of at least 4 members (excludes halogenated alkanes) is 2. The Morgan fingerprint density at radius 2 is 1.83 bits per heavy atom. The molecule has 0 heterocycles. The highest BCUT2D eigenvalue weighted by Gasteiger charge is 2.19. The molecule has 1 aromatic rings. The lowest BCUT2D eigenvalue weighted by molar-refractivity contribution is -0.116. The summed E-state index contributed by atoms with van der Waals surface area (Å²) in [5, 5.41) is 2.70. The number of nitrogens with one attached hydrogen (secondary N) is 1. The lowest BCUT2D eigenvalue weighted by atomic mass is 10.2. The number of anilines is 1. The van der Waals surface area contributed by atoms with Crippen molar-refractivity contribution >= 4 is 21.6 Å². The average Bonchev–Trinajstić information content (AvgIpc) is 2.48. The molecule has 0 unspecified atom stereocenters. The fourth-order valence-corrected chi connectivity index (χ4v) is 2.87. The van der Waals surface area contributed by atoms with Gasteiger partial charge in [-0.05, 0) is 37.6 Å². The Kier molecular flexibility index (Phi) is 8.05. The van der Waals surface area contributed by atoms with E-state index in [4.69, 9.17) is 4.74 Å².